The number of aromatic nitrogens is 1. The molecule has 8 nitrogen and oxygen atoms in total. The molecule has 0 aliphatic carbocycles. The highest BCUT2D eigenvalue weighted by molar-refractivity contribution is 7.20. The molecule has 6 N–H and O–H groups in total. The molecule has 2 aromatic heterocycles. The van der Waals surface area contributed by atoms with Gasteiger partial charge >= 0.3 is 6.03 Å². The summed E-state index contributed by atoms with van der Waals surface area (Å²) in [5.41, 5.74) is 10.5. The molecule has 0 aromatic carbocycles. The summed E-state index contributed by atoms with van der Waals surface area (Å²) in [4.78, 5) is 38.0. The fourth-order valence-electron chi connectivity index (χ4n) is 1.57. The summed E-state index contributed by atoms with van der Waals surface area (Å²) in [6.07, 6.45) is 1.39. The first-order valence-electron chi connectivity index (χ1n) is 5.80. The van der Waals surface area contributed by atoms with Crippen LogP contribution in [0.15, 0.2) is 24.4 Å². The van der Waals surface area contributed by atoms with Crippen molar-refractivity contribution < 1.29 is 14.4 Å². The van der Waals surface area contributed by atoms with Gasteiger partial charge in [0.15, 0.2) is 0 Å². The molecule has 0 aliphatic rings. The minimum atomic E-state index is -0.844. The molecule has 4 amide bonds. The van der Waals surface area contributed by atoms with Gasteiger partial charge in [0, 0.05) is 11.8 Å². The van der Waals surface area contributed by atoms with Gasteiger partial charge in [-0.2, -0.15) is 0 Å². The maximum atomic E-state index is 12.1. The largest absolute Gasteiger partial charge is 0.366 e. The van der Waals surface area contributed by atoms with Crippen molar-refractivity contribution in [1.82, 2.24) is 4.98 Å². The van der Waals surface area contributed by atoms with Gasteiger partial charge in [0.25, 0.3) is 11.8 Å². The Morgan fingerprint density at radius 3 is 2.50 bits per heavy atom. The van der Waals surface area contributed by atoms with Crippen molar-refractivity contribution in [1.29, 1.82) is 0 Å². The van der Waals surface area contributed by atoms with Gasteiger partial charge in [0.2, 0.25) is 0 Å². The fraction of sp³-hybridized carbons (Fsp3) is 0. The molecule has 2 rings (SSSR count). The van der Waals surface area contributed by atoms with E-state index in [0.717, 1.165) is 11.3 Å². The van der Waals surface area contributed by atoms with Crippen LogP contribution < -0.4 is 22.1 Å². The molecule has 2 aromatic rings. The Kier molecular flexibility index (Phi) is 4.59. The number of anilines is 2. The molecular formula is C12H10ClN5O3S. The van der Waals surface area contributed by atoms with Crippen molar-refractivity contribution >= 4 is 50.8 Å². The molecule has 0 fully saturated rings. The molecule has 0 saturated heterocycles. The summed E-state index contributed by atoms with van der Waals surface area (Å²) < 4.78 is 0. The number of amides is 4. The molecular weight excluding hydrogens is 330 g/mol. The van der Waals surface area contributed by atoms with Crippen LogP contribution in [0.25, 0.3) is 0 Å². The van der Waals surface area contributed by atoms with E-state index in [-0.39, 0.29) is 15.7 Å². The van der Waals surface area contributed by atoms with Gasteiger partial charge in [-0.3, -0.25) is 14.9 Å². The van der Waals surface area contributed by atoms with E-state index in [0.29, 0.717) is 10.6 Å². The molecule has 114 valence electrons. The molecule has 10 heteroatoms. The van der Waals surface area contributed by atoms with E-state index >= 15 is 0 Å². The monoisotopic (exact) mass is 339 g/mol. The number of thiophene rings is 1. The van der Waals surface area contributed by atoms with Gasteiger partial charge in [-0.1, -0.05) is 22.9 Å². The first kappa shape index (κ1) is 15.7. The lowest BCUT2D eigenvalue weighted by Gasteiger charge is -2.02. The molecule has 0 bridgehead atoms. The number of hydrogen-bond donors (Lipinski definition) is 4. The first-order chi connectivity index (χ1) is 10.4. The third kappa shape index (κ3) is 3.71. The number of nitrogens with one attached hydrogen (secondary N) is 2. The zero-order chi connectivity index (χ0) is 16.3. The molecule has 22 heavy (non-hydrogen) atoms. The van der Waals surface area contributed by atoms with Crippen LogP contribution in [0.1, 0.15) is 20.7 Å². The predicted molar refractivity (Wildman–Crippen MR) is 83.2 cm³/mol. The van der Waals surface area contributed by atoms with Crippen molar-refractivity contribution in [3.63, 3.8) is 0 Å². The smallest absolute Gasteiger partial charge is 0.317 e. The van der Waals surface area contributed by atoms with Gasteiger partial charge in [-0.05, 0) is 18.2 Å². The molecule has 0 saturated carbocycles. The zero-order valence-electron chi connectivity index (χ0n) is 10.9. The second-order valence-corrected chi connectivity index (χ2v) is 5.47. The van der Waals surface area contributed by atoms with Crippen LogP contribution in [0, 0.1) is 0 Å². The Labute approximate surface area is 133 Å². The topological polar surface area (TPSA) is 140 Å². The van der Waals surface area contributed by atoms with Gasteiger partial charge in [-0.15, -0.1) is 0 Å². The zero-order valence-corrected chi connectivity index (χ0v) is 12.5. The highest BCUT2D eigenvalue weighted by Gasteiger charge is 2.17. The maximum absolute atomic E-state index is 12.1. The van der Waals surface area contributed by atoms with Crippen LogP contribution >= 0.6 is 22.9 Å². The van der Waals surface area contributed by atoms with Crippen LogP contribution in [-0.4, -0.2) is 22.8 Å². The second-order valence-electron chi connectivity index (χ2n) is 4.03. The summed E-state index contributed by atoms with van der Waals surface area (Å²) in [6.45, 7) is 0. The summed E-state index contributed by atoms with van der Waals surface area (Å²) >= 11 is 6.66. The quantitative estimate of drug-likeness (QED) is 0.628. The minimum Gasteiger partial charge on any atom is -0.366 e. The van der Waals surface area contributed by atoms with Gasteiger partial charge in [-0.25, -0.2) is 9.78 Å². The molecule has 0 atom stereocenters. The van der Waals surface area contributed by atoms with E-state index in [1.54, 1.807) is 0 Å². The van der Waals surface area contributed by atoms with E-state index in [4.69, 9.17) is 23.1 Å². The number of nitrogens with two attached hydrogens (primary N) is 2. The van der Waals surface area contributed by atoms with E-state index < -0.39 is 17.8 Å². The van der Waals surface area contributed by atoms with Crippen LogP contribution in [0.5, 0.6) is 0 Å². The Morgan fingerprint density at radius 2 is 1.91 bits per heavy atom. The number of halogens is 1. The van der Waals surface area contributed by atoms with Gasteiger partial charge in [0.1, 0.15) is 10.2 Å². The van der Waals surface area contributed by atoms with Crippen molar-refractivity contribution in [2.45, 2.75) is 0 Å². The second kappa shape index (κ2) is 6.41. The number of primary amides is 2. The van der Waals surface area contributed by atoms with Crippen molar-refractivity contribution in [3.8, 4) is 0 Å². The molecule has 0 aliphatic heterocycles. The Balaban J connectivity index is 2.24. The number of carbonyl (C=O) groups excluding carboxylic acids is 3. The lowest BCUT2D eigenvalue weighted by molar-refractivity contribution is 0.0997. The van der Waals surface area contributed by atoms with Crippen LogP contribution in [0.4, 0.5) is 14.8 Å². The van der Waals surface area contributed by atoms with Crippen molar-refractivity contribution in [3.05, 3.63) is 40.7 Å². The third-order valence-electron chi connectivity index (χ3n) is 2.46. The number of carbonyl (C=O) groups is 3. The molecule has 0 spiro atoms. The van der Waals surface area contributed by atoms with Crippen molar-refractivity contribution in [2.24, 2.45) is 11.5 Å². The normalized spacial score (nSPS) is 10.0. The predicted octanol–water partition coefficient (Wildman–Crippen LogP) is 1.64. The minimum absolute atomic E-state index is 0.0480. The summed E-state index contributed by atoms with van der Waals surface area (Å²) in [5.74, 6) is -1.21. The SMILES string of the molecule is NC(=O)Nc1sc(NC(=O)c2ccnc(Cl)c2)cc1C(N)=O. The van der Waals surface area contributed by atoms with Crippen LogP contribution in [0.3, 0.4) is 0 Å². The van der Waals surface area contributed by atoms with E-state index in [2.05, 4.69) is 15.6 Å². The average Bonchev–Trinajstić information content (AvgIpc) is 2.80. The summed E-state index contributed by atoms with van der Waals surface area (Å²) in [7, 11) is 0. The van der Waals surface area contributed by atoms with E-state index in [1.165, 1.54) is 24.4 Å². The fourth-order valence-corrected chi connectivity index (χ4v) is 2.70. The number of pyridine rings is 1. The lowest BCUT2D eigenvalue weighted by atomic mass is 10.2. The Bertz CT molecular complexity index is 761. The van der Waals surface area contributed by atoms with E-state index in [9.17, 15) is 14.4 Å². The number of urea groups is 1. The van der Waals surface area contributed by atoms with Crippen molar-refractivity contribution in [2.75, 3.05) is 10.6 Å². The van der Waals surface area contributed by atoms with E-state index in [1.807, 2.05) is 0 Å². The highest BCUT2D eigenvalue weighted by Crippen LogP contribution is 2.32. The Morgan fingerprint density at radius 1 is 1.18 bits per heavy atom. The lowest BCUT2D eigenvalue weighted by Crippen LogP contribution is -2.21. The number of nitrogens with zero attached hydrogens (tertiary/aromatic N) is 1. The number of rotatable bonds is 4. The molecule has 0 radical (unpaired) electrons. The molecule has 2 heterocycles. The van der Waals surface area contributed by atoms with Crippen LogP contribution in [0.2, 0.25) is 5.15 Å². The first-order valence-corrected chi connectivity index (χ1v) is 6.99. The van der Waals surface area contributed by atoms with Crippen LogP contribution in [-0.2, 0) is 0 Å². The standard InChI is InChI=1S/C12H10ClN5O3S/c13-7-3-5(1-2-16-7)10(20)17-8-4-6(9(14)19)11(22-8)18-12(15)21/h1-4H,(H2,14,19)(H,17,20)(H3,15,18,21). The summed E-state index contributed by atoms with van der Waals surface area (Å²) in [6, 6.07) is 3.37. The summed E-state index contributed by atoms with van der Waals surface area (Å²) in [5, 5.41) is 5.48. The average molecular weight is 340 g/mol. The third-order valence-corrected chi connectivity index (χ3v) is 3.63. The number of hydrogen-bond acceptors (Lipinski definition) is 5. The highest BCUT2D eigenvalue weighted by atomic mass is 35.5. The Hall–Kier alpha value is -2.65. The molecule has 0 unspecified atom stereocenters. The van der Waals surface area contributed by atoms with Gasteiger partial charge in [0.05, 0.1) is 10.6 Å². The maximum Gasteiger partial charge on any atom is 0.317 e. The van der Waals surface area contributed by atoms with Gasteiger partial charge < -0.3 is 16.8 Å².